The van der Waals surface area contributed by atoms with Crippen molar-refractivity contribution in [3.63, 3.8) is 0 Å². The van der Waals surface area contributed by atoms with E-state index in [1.807, 2.05) is 11.3 Å². The molecule has 0 N–H and O–H groups in total. The lowest BCUT2D eigenvalue weighted by Gasteiger charge is -2.15. The van der Waals surface area contributed by atoms with Crippen LogP contribution in [0.5, 0.6) is 11.5 Å². The SMILES string of the molecule is c1ccc(-c2sc3cc(OCCN4CCCC4)ccc3c2-c2ccc(OCCN3CCCC3)cc2)cc1. The maximum Gasteiger partial charge on any atom is 0.120 e. The van der Waals surface area contributed by atoms with Gasteiger partial charge in [0.1, 0.15) is 24.7 Å². The van der Waals surface area contributed by atoms with Gasteiger partial charge in [0.25, 0.3) is 0 Å². The second-order valence-electron chi connectivity index (χ2n) is 10.1. The third kappa shape index (κ3) is 5.85. The lowest BCUT2D eigenvalue weighted by Crippen LogP contribution is -2.25. The van der Waals surface area contributed by atoms with E-state index in [2.05, 4.69) is 82.6 Å². The number of nitrogens with zero attached hydrogens (tertiary/aromatic N) is 2. The summed E-state index contributed by atoms with van der Waals surface area (Å²) >= 11 is 1.85. The first-order chi connectivity index (χ1) is 18.3. The van der Waals surface area contributed by atoms with Crippen LogP contribution in [0.15, 0.2) is 72.8 Å². The quantitative estimate of drug-likeness (QED) is 0.225. The molecule has 2 aliphatic heterocycles. The number of likely N-dealkylation sites (tertiary alicyclic amines) is 2. The van der Waals surface area contributed by atoms with Crippen LogP contribution in [0.4, 0.5) is 0 Å². The van der Waals surface area contributed by atoms with Gasteiger partial charge in [0.05, 0.1) is 0 Å². The number of rotatable bonds is 10. The Balaban J connectivity index is 1.23. The van der Waals surface area contributed by atoms with Gasteiger partial charge in [-0.3, -0.25) is 9.80 Å². The first-order valence-corrected chi connectivity index (χ1v) is 14.6. The minimum atomic E-state index is 0.745. The molecule has 2 aliphatic rings. The lowest BCUT2D eigenvalue weighted by molar-refractivity contribution is 0.238. The molecule has 0 amide bonds. The monoisotopic (exact) mass is 512 g/mol. The molecule has 2 fully saturated rings. The predicted octanol–water partition coefficient (Wildman–Crippen LogP) is 7.18. The molecule has 192 valence electrons. The van der Waals surface area contributed by atoms with Crippen LogP contribution in [0.3, 0.4) is 0 Å². The first-order valence-electron chi connectivity index (χ1n) is 13.8. The van der Waals surface area contributed by atoms with Crippen molar-refractivity contribution in [1.82, 2.24) is 9.80 Å². The van der Waals surface area contributed by atoms with Crippen molar-refractivity contribution in [2.75, 3.05) is 52.5 Å². The van der Waals surface area contributed by atoms with Gasteiger partial charge < -0.3 is 9.47 Å². The van der Waals surface area contributed by atoms with E-state index in [4.69, 9.17) is 9.47 Å². The summed E-state index contributed by atoms with van der Waals surface area (Å²) in [5, 5.41) is 1.28. The number of fused-ring (bicyclic) bond motifs is 1. The van der Waals surface area contributed by atoms with Crippen LogP contribution in [0.2, 0.25) is 0 Å². The van der Waals surface area contributed by atoms with E-state index >= 15 is 0 Å². The molecule has 37 heavy (non-hydrogen) atoms. The predicted molar refractivity (Wildman–Crippen MR) is 155 cm³/mol. The maximum atomic E-state index is 6.17. The Labute approximate surface area is 224 Å². The van der Waals surface area contributed by atoms with Crippen molar-refractivity contribution in [3.8, 4) is 33.1 Å². The van der Waals surface area contributed by atoms with Gasteiger partial charge in [0.2, 0.25) is 0 Å². The number of hydrogen-bond acceptors (Lipinski definition) is 5. The molecule has 0 aliphatic carbocycles. The van der Waals surface area contributed by atoms with Crippen LogP contribution in [-0.4, -0.2) is 62.3 Å². The molecule has 0 bridgehead atoms. The Hall–Kier alpha value is -2.86. The zero-order chi connectivity index (χ0) is 24.9. The van der Waals surface area contributed by atoms with Crippen LogP contribution >= 0.6 is 11.3 Å². The summed E-state index contributed by atoms with van der Waals surface area (Å²) in [5.41, 5.74) is 3.76. The van der Waals surface area contributed by atoms with E-state index in [9.17, 15) is 0 Å². The molecule has 2 saturated heterocycles. The Bertz CT molecular complexity index is 1290. The number of thiophene rings is 1. The molecular weight excluding hydrogens is 476 g/mol. The third-order valence-electron chi connectivity index (χ3n) is 7.59. The van der Waals surface area contributed by atoms with Gasteiger partial charge in [-0.05, 0) is 93.3 Å². The highest BCUT2D eigenvalue weighted by Gasteiger charge is 2.17. The summed E-state index contributed by atoms with van der Waals surface area (Å²) in [4.78, 5) is 6.28. The zero-order valence-electron chi connectivity index (χ0n) is 21.5. The number of ether oxygens (including phenoxy) is 2. The van der Waals surface area contributed by atoms with Gasteiger partial charge in [0.15, 0.2) is 0 Å². The fourth-order valence-corrected chi connectivity index (χ4v) is 6.82. The molecule has 0 saturated carbocycles. The minimum Gasteiger partial charge on any atom is -0.492 e. The van der Waals surface area contributed by atoms with Gasteiger partial charge in [-0.1, -0.05) is 42.5 Å². The highest BCUT2D eigenvalue weighted by molar-refractivity contribution is 7.23. The van der Waals surface area contributed by atoms with E-state index in [1.165, 1.54) is 83.5 Å². The Morgan fingerprint density at radius 3 is 1.86 bits per heavy atom. The average Bonchev–Trinajstić information content (AvgIpc) is 3.71. The molecule has 5 heteroatoms. The fourth-order valence-electron chi connectivity index (χ4n) is 5.56. The second kappa shape index (κ2) is 11.7. The summed E-state index contributed by atoms with van der Waals surface area (Å²) < 4.78 is 13.5. The fraction of sp³-hybridized carbons (Fsp3) is 0.375. The molecular formula is C32H36N2O2S. The largest absolute Gasteiger partial charge is 0.492 e. The zero-order valence-corrected chi connectivity index (χ0v) is 22.3. The average molecular weight is 513 g/mol. The van der Waals surface area contributed by atoms with E-state index in [0.29, 0.717) is 0 Å². The summed E-state index contributed by atoms with van der Waals surface area (Å²) in [7, 11) is 0. The first kappa shape index (κ1) is 24.5. The van der Waals surface area contributed by atoms with Crippen molar-refractivity contribution in [2.45, 2.75) is 25.7 Å². The lowest BCUT2D eigenvalue weighted by atomic mass is 9.99. The molecule has 0 spiro atoms. The topological polar surface area (TPSA) is 24.9 Å². The van der Waals surface area contributed by atoms with Crippen molar-refractivity contribution < 1.29 is 9.47 Å². The summed E-state index contributed by atoms with van der Waals surface area (Å²) in [6.45, 7) is 8.35. The molecule has 3 aromatic carbocycles. The van der Waals surface area contributed by atoms with Crippen LogP contribution in [0.1, 0.15) is 25.7 Å². The van der Waals surface area contributed by atoms with Crippen molar-refractivity contribution in [3.05, 3.63) is 72.8 Å². The van der Waals surface area contributed by atoms with Crippen molar-refractivity contribution in [1.29, 1.82) is 0 Å². The van der Waals surface area contributed by atoms with Crippen molar-refractivity contribution in [2.24, 2.45) is 0 Å². The molecule has 3 heterocycles. The van der Waals surface area contributed by atoms with Gasteiger partial charge >= 0.3 is 0 Å². The van der Waals surface area contributed by atoms with Crippen LogP contribution in [0.25, 0.3) is 31.7 Å². The molecule has 1 aromatic heterocycles. The smallest absolute Gasteiger partial charge is 0.120 e. The number of benzene rings is 3. The van der Waals surface area contributed by atoms with Crippen molar-refractivity contribution >= 4 is 21.4 Å². The van der Waals surface area contributed by atoms with Gasteiger partial charge in [-0.25, -0.2) is 0 Å². The molecule has 4 aromatic rings. The van der Waals surface area contributed by atoms with E-state index in [-0.39, 0.29) is 0 Å². The van der Waals surface area contributed by atoms with Crippen LogP contribution in [0, 0.1) is 0 Å². The third-order valence-corrected chi connectivity index (χ3v) is 8.79. The Kier molecular flexibility index (Phi) is 7.73. The normalized spacial score (nSPS) is 16.5. The summed E-state index contributed by atoms with van der Waals surface area (Å²) in [6.07, 6.45) is 5.27. The standard InChI is InChI=1S/C32H36N2O2S/c1-2-8-26(9-3-1)32-31(25-10-12-27(13-11-25)35-22-20-33-16-4-5-17-33)29-15-14-28(24-30(29)37-32)36-23-21-34-18-6-7-19-34/h1-3,8-15,24H,4-7,16-23H2. The Morgan fingerprint density at radius 2 is 1.22 bits per heavy atom. The van der Waals surface area contributed by atoms with Gasteiger partial charge in [-0.2, -0.15) is 0 Å². The maximum absolute atomic E-state index is 6.17. The Morgan fingerprint density at radius 1 is 0.622 bits per heavy atom. The van der Waals surface area contributed by atoms with Crippen LogP contribution < -0.4 is 9.47 Å². The van der Waals surface area contributed by atoms with E-state index in [1.54, 1.807) is 0 Å². The molecule has 4 nitrogen and oxygen atoms in total. The van der Waals surface area contributed by atoms with E-state index < -0.39 is 0 Å². The summed E-state index contributed by atoms with van der Waals surface area (Å²) in [6, 6.07) is 26.0. The molecule has 0 unspecified atom stereocenters. The molecule has 6 rings (SSSR count). The highest BCUT2D eigenvalue weighted by atomic mass is 32.1. The highest BCUT2D eigenvalue weighted by Crippen LogP contribution is 2.46. The van der Waals surface area contributed by atoms with Crippen LogP contribution in [-0.2, 0) is 0 Å². The van der Waals surface area contributed by atoms with E-state index in [0.717, 1.165) is 37.8 Å². The van der Waals surface area contributed by atoms with Gasteiger partial charge in [-0.15, -0.1) is 11.3 Å². The minimum absolute atomic E-state index is 0.745. The second-order valence-corrected chi connectivity index (χ2v) is 11.2. The number of hydrogen-bond donors (Lipinski definition) is 0. The molecule has 0 radical (unpaired) electrons. The van der Waals surface area contributed by atoms with Gasteiger partial charge in [0, 0.05) is 33.6 Å². The summed E-state index contributed by atoms with van der Waals surface area (Å²) in [5.74, 6) is 1.90. The molecule has 0 atom stereocenters.